The van der Waals surface area contributed by atoms with Gasteiger partial charge in [0, 0.05) is 12.1 Å². The first-order chi connectivity index (χ1) is 14.5. The van der Waals surface area contributed by atoms with E-state index in [2.05, 4.69) is 26.1 Å². The van der Waals surface area contributed by atoms with Gasteiger partial charge in [0.25, 0.3) is 0 Å². The van der Waals surface area contributed by atoms with Gasteiger partial charge in [0.2, 0.25) is 5.66 Å². The molecule has 2 aromatic rings. The summed E-state index contributed by atoms with van der Waals surface area (Å²) in [5, 5.41) is 22.0. The number of anilines is 1. The van der Waals surface area contributed by atoms with Gasteiger partial charge in [-0.05, 0) is 39.7 Å². The Balaban J connectivity index is 2.46. The first-order valence-corrected chi connectivity index (χ1v) is 11.3. The Kier molecular flexibility index (Phi) is 8.31. The molecule has 2 rings (SSSR count). The number of carbonyl (C=O) groups is 2. The Labute approximate surface area is 183 Å². The maximum Gasteiger partial charge on any atom is 0.512 e. The first-order valence-electron chi connectivity index (χ1n) is 10.0. The zero-order chi connectivity index (χ0) is 23.2. The number of nitrogens with one attached hydrogen (secondary N) is 1. The van der Waals surface area contributed by atoms with Crippen LogP contribution in [0.2, 0.25) is 0 Å². The number of carboxylic acid groups (broad SMARTS) is 2. The summed E-state index contributed by atoms with van der Waals surface area (Å²) in [6, 6.07) is 15.6. The van der Waals surface area contributed by atoms with Crippen LogP contribution in [-0.4, -0.2) is 32.7 Å². The summed E-state index contributed by atoms with van der Waals surface area (Å²) in [6.45, 7) is 6.28. The van der Waals surface area contributed by atoms with E-state index in [1.54, 1.807) is 30.3 Å². The molecule has 0 aliphatic carbocycles. The molecule has 4 atom stereocenters. The van der Waals surface area contributed by atoms with Crippen molar-refractivity contribution in [2.75, 3.05) is 5.32 Å². The second-order valence-electron chi connectivity index (χ2n) is 8.53. The molecule has 31 heavy (non-hydrogen) atoms. The Hall–Kier alpha value is -2.76. The van der Waals surface area contributed by atoms with Gasteiger partial charge in [-0.25, -0.2) is 0 Å². The van der Waals surface area contributed by atoms with E-state index in [1.165, 1.54) is 0 Å². The summed E-state index contributed by atoms with van der Waals surface area (Å²) >= 11 is 0. The standard InChI is InChI=1S/C23H28NO6P/c1-23(2,3)16-9-11-17(12-10-16)24-20(15-7-5-4-6-8-15)21(31(29)30)18(22(27)28)13-14-19(25)26/h4-12,18,20-21,24H,13-14H2,1-3H3,(H2-,25,26,27,28,29,30)/p+1. The predicted octanol–water partition coefficient (Wildman–Crippen LogP) is 4.81. The Bertz CT molecular complexity index is 908. The Morgan fingerprint density at radius 1 is 1.00 bits per heavy atom. The smallest absolute Gasteiger partial charge is 0.481 e. The predicted molar refractivity (Wildman–Crippen MR) is 120 cm³/mol. The summed E-state index contributed by atoms with van der Waals surface area (Å²) in [7, 11) is -2.94. The summed E-state index contributed by atoms with van der Waals surface area (Å²) in [5.74, 6) is -3.76. The van der Waals surface area contributed by atoms with Gasteiger partial charge in [-0.3, -0.25) is 9.59 Å². The Morgan fingerprint density at radius 3 is 2.03 bits per heavy atom. The number of aliphatic carboxylic acids is 2. The van der Waals surface area contributed by atoms with E-state index in [-0.39, 0.29) is 11.8 Å². The van der Waals surface area contributed by atoms with Gasteiger partial charge in [-0.1, -0.05) is 63.2 Å². The third-order valence-corrected chi connectivity index (χ3v) is 6.40. The SMILES string of the molecule is CC(C)(C)c1ccc(NC(c2ccccc2)C(C(CCC(=O)O)C(=O)O)[P+](=O)O)cc1. The van der Waals surface area contributed by atoms with Crippen LogP contribution in [0.1, 0.15) is 50.8 Å². The highest BCUT2D eigenvalue weighted by Gasteiger charge is 2.48. The van der Waals surface area contributed by atoms with Crippen LogP contribution in [0.25, 0.3) is 0 Å². The number of carboxylic acids is 2. The van der Waals surface area contributed by atoms with Crippen molar-refractivity contribution >= 4 is 25.7 Å². The molecule has 0 bridgehead atoms. The van der Waals surface area contributed by atoms with Gasteiger partial charge < -0.3 is 15.5 Å². The molecule has 0 amide bonds. The van der Waals surface area contributed by atoms with E-state index >= 15 is 0 Å². The minimum atomic E-state index is -2.94. The second-order valence-corrected chi connectivity index (χ2v) is 9.73. The highest BCUT2D eigenvalue weighted by molar-refractivity contribution is 7.39. The molecule has 0 radical (unpaired) electrons. The largest absolute Gasteiger partial charge is 0.512 e. The zero-order valence-corrected chi connectivity index (χ0v) is 18.8. The average Bonchev–Trinajstić information content (AvgIpc) is 2.69. The van der Waals surface area contributed by atoms with Crippen LogP contribution < -0.4 is 5.32 Å². The second kappa shape index (κ2) is 10.5. The number of benzene rings is 2. The molecule has 8 heteroatoms. The molecule has 0 aliphatic heterocycles. The molecule has 0 fully saturated rings. The molecule has 2 aromatic carbocycles. The highest BCUT2D eigenvalue weighted by Crippen LogP contribution is 2.42. The summed E-state index contributed by atoms with van der Waals surface area (Å²) in [4.78, 5) is 33.1. The maximum atomic E-state index is 12.4. The van der Waals surface area contributed by atoms with Gasteiger partial charge in [0.15, 0.2) is 0 Å². The fourth-order valence-corrected chi connectivity index (χ4v) is 4.59. The average molecular weight is 446 g/mol. The quantitative estimate of drug-likeness (QED) is 0.386. The lowest BCUT2D eigenvalue weighted by molar-refractivity contribution is -0.143. The normalized spacial score (nSPS) is 14.9. The van der Waals surface area contributed by atoms with Crippen molar-refractivity contribution in [1.82, 2.24) is 0 Å². The van der Waals surface area contributed by atoms with Crippen molar-refractivity contribution in [3.05, 3.63) is 65.7 Å². The van der Waals surface area contributed by atoms with Crippen molar-refractivity contribution in [2.24, 2.45) is 5.92 Å². The fourth-order valence-electron chi connectivity index (χ4n) is 3.51. The summed E-state index contributed by atoms with van der Waals surface area (Å²) in [6.07, 6.45) is -0.649. The van der Waals surface area contributed by atoms with Crippen molar-refractivity contribution in [2.45, 2.75) is 50.7 Å². The van der Waals surface area contributed by atoms with Crippen LogP contribution in [0.4, 0.5) is 5.69 Å². The van der Waals surface area contributed by atoms with Crippen LogP contribution >= 0.6 is 8.03 Å². The van der Waals surface area contributed by atoms with Crippen molar-refractivity contribution in [3.63, 3.8) is 0 Å². The van der Waals surface area contributed by atoms with Gasteiger partial charge in [-0.15, -0.1) is 0 Å². The van der Waals surface area contributed by atoms with Crippen LogP contribution in [0.5, 0.6) is 0 Å². The Morgan fingerprint density at radius 2 is 1.58 bits per heavy atom. The molecular weight excluding hydrogens is 417 g/mol. The molecule has 0 aliphatic rings. The van der Waals surface area contributed by atoms with E-state index < -0.39 is 44.0 Å². The number of hydrogen-bond donors (Lipinski definition) is 4. The molecule has 0 spiro atoms. The van der Waals surface area contributed by atoms with Gasteiger partial charge in [-0.2, -0.15) is 4.89 Å². The lowest BCUT2D eigenvalue weighted by Crippen LogP contribution is -2.35. The van der Waals surface area contributed by atoms with Crippen LogP contribution in [-0.2, 0) is 19.6 Å². The minimum absolute atomic E-state index is 0.0421. The molecular formula is C23H29NO6P+. The number of hydrogen-bond acceptors (Lipinski definition) is 4. The van der Waals surface area contributed by atoms with E-state index in [0.717, 1.165) is 5.56 Å². The molecule has 7 nitrogen and oxygen atoms in total. The highest BCUT2D eigenvalue weighted by atomic mass is 31.1. The lowest BCUT2D eigenvalue weighted by Gasteiger charge is -2.26. The van der Waals surface area contributed by atoms with Crippen molar-refractivity contribution in [3.8, 4) is 0 Å². The van der Waals surface area contributed by atoms with E-state index in [0.29, 0.717) is 11.3 Å². The molecule has 0 saturated heterocycles. The molecule has 4 unspecified atom stereocenters. The van der Waals surface area contributed by atoms with Crippen molar-refractivity contribution < 1.29 is 29.3 Å². The zero-order valence-electron chi connectivity index (χ0n) is 17.9. The topological polar surface area (TPSA) is 124 Å². The molecule has 0 saturated carbocycles. The monoisotopic (exact) mass is 446 g/mol. The van der Waals surface area contributed by atoms with E-state index in [1.807, 2.05) is 24.3 Å². The fraction of sp³-hybridized carbons (Fsp3) is 0.391. The lowest BCUT2D eigenvalue weighted by atomic mass is 9.87. The van der Waals surface area contributed by atoms with Gasteiger partial charge in [0.1, 0.15) is 12.0 Å². The molecule has 0 aromatic heterocycles. The molecule has 0 heterocycles. The van der Waals surface area contributed by atoms with Crippen LogP contribution in [0.15, 0.2) is 54.6 Å². The molecule has 166 valence electrons. The van der Waals surface area contributed by atoms with Crippen LogP contribution in [0.3, 0.4) is 0 Å². The van der Waals surface area contributed by atoms with Gasteiger partial charge in [0.05, 0.1) is 0 Å². The van der Waals surface area contributed by atoms with E-state index in [4.69, 9.17) is 5.11 Å². The van der Waals surface area contributed by atoms with E-state index in [9.17, 15) is 24.2 Å². The van der Waals surface area contributed by atoms with Crippen molar-refractivity contribution in [1.29, 1.82) is 0 Å². The summed E-state index contributed by atoms with van der Waals surface area (Å²) < 4.78 is 12.4. The molecule has 4 N–H and O–H groups in total. The third kappa shape index (κ3) is 6.88. The van der Waals surface area contributed by atoms with Crippen LogP contribution in [0, 0.1) is 5.92 Å². The number of rotatable bonds is 10. The van der Waals surface area contributed by atoms with Gasteiger partial charge >= 0.3 is 20.0 Å². The minimum Gasteiger partial charge on any atom is -0.481 e. The first kappa shape index (κ1) is 24.5. The summed E-state index contributed by atoms with van der Waals surface area (Å²) in [5.41, 5.74) is 1.16. The maximum absolute atomic E-state index is 12.4. The third-order valence-electron chi connectivity index (χ3n) is 5.23.